The molecule has 0 fully saturated rings. The fourth-order valence-electron chi connectivity index (χ4n) is 1.85. The van der Waals surface area contributed by atoms with Crippen LogP contribution in [0, 0.1) is 12.7 Å². The second kappa shape index (κ2) is 5.92. The summed E-state index contributed by atoms with van der Waals surface area (Å²) in [5, 5.41) is 5.83. The number of hydrogen-bond acceptors (Lipinski definition) is 2. The molecule has 5 heteroatoms. The van der Waals surface area contributed by atoms with Crippen LogP contribution in [0.15, 0.2) is 36.4 Å². The van der Waals surface area contributed by atoms with Gasteiger partial charge in [0.2, 0.25) is 0 Å². The Bertz CT molecular complexity index is 658. The van der Waals surface area contributed by atoms with Crippen LogP contribution in [0.1, 0.15) is 15.9 Å². The summed E-state index contributed by atoms with van der Waals surface area (Å²) < 4.78 is 13.6. The molecule has 2 rings (SSSR count). The lowest BCUT2D eigenvalue weighted by atomic mass is 10.1. The van der Waals surface area contributed by atoms with Crippen LogP contribution in [0.25, 0.3) is 0 Å². The number of benzene rings is 2. The van der Waals surface area contributed by atoms with E-state index < -0.39 is 5.82 Å². The molecule has 0 aliphatic carbocycles. The third-order valence-corrected chi connectivity index (χ3v) is 3.10. The summed E-state index contributed by atoms with van der Waals surface area (Å²) in [7, 11) is 1.72. The van der Waals surface area contributed by atoms with E-state index in [-0.39, 0.29) is 11.6 Å². The van der Waals surface area contributed by atoms with Crippen LogP contribution in [0.2, 0.25) is 5.02 Å². The van der Waals surface area contributed by atoms with Gasteiger partial charge in [-0.15, -0.1) is 0 Å². The number of nitrogens with one attached hydrogen (secondary N) is 2. The lowest BCUT2D eigenvalue weighted by molar-refractivity contribution is 0.102. The smallest absolute Gasteiger partial charge is 0.257 e. The van der Waals surface area contributed by atoms with Gasteiger partial charge in [-0.25, -0.2) is 4.39 Å². The van der Waals surface area contributed by atoms with E-state index in [1.165, 1.54) is 18.2 Å². The van der Waals surface area contributed by atoms with E-state index in [0.29, 0.717) is 16.3 Å². The van der Waals surface area contributed by atoms with E-state index in [4.69, 9.17) is 11.6 Å². The molecule has 3 nitrogen and oxygen atoms in total. The van der Waals surface area contributed by atoms with Crippen molar-refractivity contribution < 1.29 is 9.18 Å². The zero-order valence-electron chi connectivity index (χ0n) is 11.1. The number of hydrogen-bond donors (Lipinski definition) is 2. The summed E-state index contributed by atoms with van der Waals surface area (Å²) >= 11 is 5.80. The predicted octanol–water partition coefficient (Wildman–Crippen LogP) is 4.08. The first-order chi connectivity index (χ1) is 9.51. The molecule has 0 aliphatic heterocycles. The summed E-state index contributed by atoms with van der Waals surface area (Å²) in [4.78, 5) is 12.2. The number of halogens is 2. The molecule has 2 aromatic carbocycles. The maximum absolute atomic E-state index is 13.6. The van der Waals surface area contributed by atoms with Crippen LogP contribution < -0.4 is 10.6 Å². The molecule has 0 atom stereocenters. The average Bonchev–Trinajstić information content (AvgIpc) is 2.42. The van der Waals surface area contributed by atoms with Gasteiger partial charge in [0.15, 0.2) is 0 Å². The van der Waals surface area contributed by atoms with Gasteiger partial charge in [0.25, 0.3) is 5.91 Å². The molecule has 0 radical (unpaired) electrons. The second-order valence-corrected chi connectivity index (χ2v) is 4.81. The largest absolute Gasteiger partial charge is 0.387 e. The molecule has 0 heterocycles. The van der Waals surface area contributed by atoms with Crippen LogP contribution in [0.4, 0.5) is 15.8 Å². The highest BCUT2D eigenvalue weighted by Gasteiger charge is 2.13. The van der Waals surface area contributed by atoms with Crippen molar-refractivity contribution in [2.75, 3.05) is 17.7 Å². The summed E-state index contributed by atoms with van der Waals surface area (Å²) in [5.41, 5.74) is 2.13. The minimum atomic E-state index is -0.526. The molecular weight excluding hydrogens is 279 g/mol. The topological polar surface area (TPSA) is 41.1 Å². The highest BCUT2D eigenvalue weighted by molar-refractivity contribution is 6.31. The zero-order valence-corrected chi connectivity index (χ0v) is 11.9. The Balaban J connectivity index is 2.32. The van der Waals surface area contributed by atoms with Crippen LogP contribution >= 0.6 is 11.6 Å². The number of rotatable bonds is 3. The Kier molecular flexibility index (Phi) is 4.25. The molecule has 1 amide bonds. The first kappa shape index (κ1) is 14.3. The lowest BCUT2D eigenvalue weighted by Gasteiger charge is -2.11. The molecule has 0 spiro atoms. The maximum Gasteiger partial charge on any atom is 0.257 e. The van der Waals surface area contributed by atoms with E-state index in [9.17, 15) is 9.18 Å². The molecule has 0 saturated heterocycles. The first-order valence-corrected chi connectivity index (χ1v) is 6.44. The SMILES string of the molecule is CNc1ccc(C)cc1C(=O)Nc1cc(Cl)ccc1F. The minimum Gasteiger partial charge on any atom is -0.387 e. The van der Waals surface area contributed by atoms with Crippen molar-refractivity contribution in [2.24, 2.45) is 0 Å². The maximum atomic E-state index is 13.6. The zero-order chi connectivity index (χ0) is 14.7. The van der Waals surface area contributed by atoms with Gasteiger partial charge in [-0.2, -0.15) is 0 Å². The molecule has 2 aromatic rings. The van der Waals surface area contributed by atoms with E-state index in [2.05, 4.69) is 10.6 Å². The molecule has 0 bridgehead atoms. The molecule has 0 unspecified atom stereocenters. The Morgan fingerprint density at radius 1 is 1.15 bits per heavy atom. The normalized spacial score (nSPS) is 10.2. The molecule has 0 aromatic heterocycles. The lowest BCUT2D eigenvalue weighted by Crippen LogP contribution is -2.15. The van der Waals surface area contributed by atoms with E-state index in [1.807, 2.05) is 13.0 Å². The van der Waals surface area contributed by atoms with Gasteiger partial charge in [-0.05, 0) is 37.3 Å². The van der Waals surface area contributed by atoms with Crippen molar-refractivity contribution in [3.05, 3.63) is 58.4 Å². The molecule has 2 N–H and O–H groups in total. The van der Waals surface area contributed by atoms with Crippen molar-refractivity contribution in [3.63, 3.8) is 0 Å². The molecular formula is C15H14ClFN2O. The average molecular weight is 293 g/mol. The number of amides is 1. The number of carbonyl (C=O) groups is 1. The molecule has 20 heavy (non-hydrogen) atoms. The second-order valence-electron chi connectivity index (χ2n) is 4.38. The van der Waals surface area contributed by atoms with E-state index >= 15 is 0 Å². The van der Waals surface area contributed by atoms with Gasteiger partial charge in [-0.1, -0.05) is 23.2 Å². The van der Waals surface area contributed by atoms with Gasteiger partial charge >= 0.3 is 0 Å². The Labute approximate surface area is 121 Å². The Morgan fingerprint density at radius 2 is 1.90 bits per heavy atom. The molecule has 0 saturated carbocycles. The number of aryl methyl sites for hydroxylation is 1. The number of anilines is 2. The van der Waals surface area contributed by atoms with Crippen LogP contribution in [-0.4, -0.2) is 13.0 Å². The summed E-state index contributed by atoms with van der Waals surface area (Å²) in [5.74, 6) is -0.916. The number of carbonyl (C=O) groups excluding carboxylic acids is 1. The van der Waals surface area contributed by atoms with Crippen molar-refractivity contribution in [1.29, 1.82) is 0 Å². The van der Waals surface area contributed by atoms with Gasteiger partial charge < -0.3 is 10.6 Å². The van der Waals surface area contributed by atoms with Crippen LogP contribution in [0.3, 0.4) is 0 Å². The van der Waals surface area contributed by atoms with E-state index in [0.717, 1.165) is 5.56 Å². The third-order valence-electron chi connectivity index (χ3n) is 2.87. The Morgan fingerprint density at radius 3 is 2.60 bits per heavy atom. The summed E-state index contributed by atoms with van der Waals surface area (Å²) in [6, 6.07) is 9.46. The van der Waals surface area contributed by atoms with Crippen molar-refractivity contribution >= 4 is 28.9 Å². The third kappa shape index (κ3) is 3.08. The van der Waals surface area contributed by atoms with Crippen LogP contribution in [-0.2, 0) is 0 Å². The molecule has 104 valence electrons. The predicted molar refractivity (Wildman–Crippen MR) is 80.1 cm³/mol. The highest BCUT2D eigenvalue weighted by atomic mass is 35.5. The van der Waals surface area contributed by atoms with Crippen molar-refractivity contribution in [1.82, 2.24) is 0 Å². The standard InChI is InChI=1S/C15H14ClFN2O/c1-9-3-6-13(18-2)11(7-9)15(20)19-14-8-10(16)4-5-12(14)17/h3-8,18H,1-2H3,(H,19,20). The fourth-order valence-corrected chi connectivity index (χ4v) is 2.02. The summed E-state index contributed by atoms with van der Waals surface area (Å²) in [6.07, 6.45) is 0. The van der Waals surface area contributed by atoms with Gasteiger partial charge in [-0.3, -0.25) is 4.79 Å². The van der Waals surface area contributed by atoms with E-state index in [1.54, 1.807) is 19.2 Å². The monoisotopic (exact) mass is 292 g/mol. The van der Waals surface area contributed by atoms with Gasteiger partial charge in [0.05, 0.1) is 11.3 Å². The van der Waals surface area contributed by atoms with Crippen molar-refractivity contribution in [2.45, 2.75) is 6.92 Å². The first-order valence-electron chi connectivity index (χ1n) is 6.06. The quantitative estimate of drug-likeness (QED) is 0.895. The highest BCUT2D eigenvalue weighted by Crippen LogP contribution is 2.22. The van der Waals surface area contributed by atoms with Crippen LogP contribution in [0.5, 0.6) is 0 Å². The minimum absolute atomic E-state index is 0.0612. The van der Waals surface area contributed by atoms with Gasteiger partial charge in [0, 0.05) is 17.8 Å². The van der Waals surface area contributed by atoms with Gasteiger partial charge in [0.1, 0.15) is 5.82 Å². The van der Waals surface area contributed by atoms with Crippen molar-refractivity contribution in [3.8, 4) is 0 Å². The Hall–Kier alpha value is -2.07. The summed E-state index contributed by atoms with van der Waals surface area (Å²) in [6.45, 7) is 1.89. The fraction of sp³-hybridized carbons (Fsp3) is 0.133. The molecule has 0 aliphatic rings.